The molecule has 5 heteroatoms. The summed E-state index contributed by atoms with van der Waals surface area (Å²) in [5, 5.41) is 8.58. The number of ether oxygens (including phenoxy) is 1. The maximum atomic E-state index is 10.6. The van der Waals surface area contributed by atoms with Gasteiger partial charge in [0, 0.05) is 6.08 Å². The number of hydrogen-bond acceptors (Lipinski definition) is 3. The van der Waals surface area contributed by atoms with E-state index in [0.717, 1.165) is 22.8 Å². The SMILES string of the molecule is Cc1cc(/C=C/C(=O)O)cc(C)c1OCCC(N)=O. The topological polar surface area (TPSA) is 89.6 Å². The average molecular weight is 263 g/mol. The summed E-state index contributed by atoms with van der Waals surface area (Å²) in [5.41, 5.74) is 7.60. The molecule has 102 valence electrons. The van der Waals surface area contributed by atoms with Crippen molar-refractivity contribution in [3.05, 3.63) is 34.9 Å². The van der Waals surface area contributed by atoms with Crippen LogP contribution in [0.25, 0.3) is 6.08 Å². The second kappa shape index (κ2) is 6.58. The standard InChI is InChI=1S/C14H17NO4/c1-9-7-11(3-4-13(17)18)8-10(2)14(9)19-6-5-12(15)16/h3-4,7-8H,5-6H2,1-2H3,(H2,15,16)(H,17,18)/b4-3+. The average Bonchev–Trinajstić information content (AvgIpc) is 2.29. The number of hydrogen-bond donors (Lipinski definition) is 2. The molecule has 0 aliphatic rings. The fraction of sp³-hybridized carbons (Fsp3) is 0.286. The van der Waals surface area contributed by atoms with Crippen molar-refractivity contribution in [2.75, 3.05) is 6.61 Å². The van der Waals surface area contributed by atoms with Gasteiger partial charge in [-0.3, -0.25) is 4.79 Å². The second-order valence-corrected chi connectivity index (χ2v) is 4.22. The lowest BCUT2D eigenvalue weighted by atomic mass is 10.1. The fourth-order valence-corrected chi connectivity index (χ4v) is 1.73. The maximum absolute atomic E-state index is 10.6. The predicted molar refractivity (Wildman–Crippen MR) is 71.9 cm³/mol. The molecule has 0 bridgehead atoms. The molecule has 0 saturated heterocycles. The molecular formula is C14H17NO4. The van der Waals surface area contributed by atoms with E-state index in [0.29, 0.717) is 5.75 Å². The van der Waals surface area contributed by atoms with Gasteiger partial charge in [0.05, 0.1) is 13.0 Å². The van der Waals surface area contributed by atoms with Crippen molar-refractivity contribution in [2.24, 2.45) is 5.73 Å². The highest BCUT2D eigenvalue weighted by molar-refractivity contribution is 5.85. The minimum Gasteiger partial charge on any atom is -0.493 e. The predicted octanol–water partition coefficient (Wildman–Crippen LogP) is 1.66. The molecule has 3 N–H and O–H groups in total. The Labute approximate surface area is 111 Å². The smallest absolute Gasteiger partial charge is 0.328 e. The summed E-state index contributed by atoms with van der Waals surface area (Å²) in [5.74, 6) is -0.692. The lowest BCUT2D eigenvalue weighted by Gasteiger charge is -2.12. The van der Waals surface area contributed by atoms with Gasteiger partial charge in [-0.1, -0.05) is 0 Å². The summed E-state index contributed by atoms with van der Waals surface area (Å²) in [4.78, 5) is 21.1. The molecular weight excluding hydrogens is 246 g/mol. The van der Waals surface area contributed by atoms with E-state index in [1.165, 1.54) is 6.08 Å². The van der Waals surface area contributed by atoms with Crippen LogP contribution in [0.15, 0.2) is 18.2 Å². The Kier molecular flexibility index (Phi) is 5.11. The molecule has 1 aromatic carbocycles. The summed E-state index contributed by atoms with van der Waals surface area (Å²) in [6.45, 7) is 3.97. The molecule has 0 unspecified atom stereocenters. The van der Waals surface area contributed by atoms with Crippen molar-refractivity contribution in [3.8, 4) is 5.75 Å². The zero-order valence-corrected chi connectivity index (χ0v) is 11.0. The number of aliphatic carboxylic acids is 1. The van der Waals surface area contributed by atoms with E-state index in [-0.39, 0.29) is 13.0 Å². The minimum atomic E-state index is -0.989. The summed E-state index contributed by atoms with van der Waals surface area (Å²) in [6, 6.07) is 3.65. The van der Waals surface area contributed by atoms with Crippen LogP contribution in [0.1, 0.15) is 23.1 Å². The number of rotatable bonds is 6. The third-order valence-corrected chi connectivity index (χ3v) is 2.50. The first-order valence-corrected chi connectivity index (χ1v) is 5.83. The van der Waals surface area contributed by atoms with E-state index in [9.17, 15) is 9.59 Å². The Morgan fingerprint density at radius 3 is 2.37 bits per heavy atom. The van der Waals surface area contributed by atoms with Gasteiger partial charge >= 0.3 is 5.97 Å². The van der Waals surface area contributed by atoms with E-state index in [1.54, 1.807) is 0 Å². The molecule has 0 aromatic heterocycles. The van der Waals surface area contributed by atoms with Crippen molar-refractivity contribution in [1.29, 1.82) is 0 Å². The van der Waals surface area contributed by atoms with Crippen LogP contribution >= 0.6 is 0 Å². The Hall–Kier alpha value is -2.30. The first-order valence-electron chi connectivity index (χ1n) is 5.83. The number of carbonyl (C=O) groups is 2. The molecule has 0 spiro atoms. The van der Waals surface area contributed by atoms with E-state index in [2.05, 4.69) is 0 Å². The van der Waals surface area contributed by atoms with Gasteiger partial charge in [0.25, 0.3) is 0 Å². The Morgan fingerprint density at radius 2 is 1.89 bits per heavy atom. The van der Waals surface area contributed by atoms with E-state index in [4.69, 9.17) is 15.6 Å². The number of benzene rings is 1. The number of aryl methyl sites for hydroxylation is 2. The molecule has 0 fully saturated rings. The van der Waals surface area contributed by atoms with Crippen LogP contribution in [0.4, 0.5) is 0 Å². The van der Waals surface area contributed by atoms with E-state index < -0.39 is 11.9 Å². The first-order chi connectivity index (χ1) is 8.90. The Balaban J connectivity index is 2.85. The second-order valence-electron chi connectivity index (χ2n) is 4.22. The maximum Gasteiger partial charge on any atom is 0.328 e. The van der Waals surface area contributed by atoms with Gasteiger partial charge in [-0.15, -0.1) is 0 Å². The van der Waals surface area contributed by atoms with Crippen molar-refractivity contribution in [3.63, 3.8) is 0 Å². The third kappa shape index (κ3) is 4.83. The third-order valence-electron chi connectivity index (χ3n) is 2.50. The number of primary amides is 1. The molecule has 5 nitrogen and oxygen atoms in total. The number of carbonyl (C=O) groups excluding carboxylic acids is 1. The van der Waals surface area contributed by atoms with Crippen LogP contribution in [0.3, 0.4) is 0 Å². The van der Waals surface area contributed by atoms with E-state index >= 15 is 0 Å². The molecule has 19 heavy (non-hydrogen) atoms. The van der Waals surface area contributed by atoms with Gasteiger partial charge in [-0.2, -0.15) is 0 Å². The summed E-state index contributed by atoms with van der Waals surface area (Å²) in [7, 11) is 0. The fourth-order valence-electron chi connectivity index (χ4n) is 1.73. The van der Waals surface area contributed by atoms with Crippen molar-refractivity contribution < 1.29 is 19.4 Å². The summed E-state index contributed by atoms with van der Waals surface area (Å²) in [6.07, 6.45) is 2.77. The van der Waals surface area contributed by atoms with Gasteiger partial charge in [0.1, 0.15) is 5.75 Å². The zero-order chi connectivity index (χ0) is 14.4. The minimum absolute atomic E-state index is 0.166. The number of amides is 1. The van der Waals surface area contributed by atoms with Crippen LogP contribution in [0.2, 0.25) is 0 Å². The molecule has 0 atom stereocenters. The van der Waals surface area contributed by atoms with Crippen molar-refractivity contribution in [1.82, 2.24) is 0 Å². The highest BCUT2D eigenvalue weighted by Crippen LogP contribution is 2.25. The Bertz CT molecular complexity index is 497. The molecule has 1 aromatic rings. The van der Waals surface area contributed by atoms with Crippen molar-refractivity contribution >= 4 is 18.0 Å². The van der Waals surface area contributed by atoms with Gasteiger partial charge < -0.3 is 15.6 Å². The lowest BCUT2D eigenvalue weighted by Crippen LogP contribution is -2.15. The molecule has 0 saturated carbocycles. The molecule has 0 aliphatic carbocycles. The van der Waals surface area contributed by atoms with Crippen LogP contribution in [-0.2, 0) is 9.59 Å². The van der Waals surface area contributed by atoms with Crippen LogP contribution < -0.4 is 10.5 Å². The largest absolute Gasteiger partial charge is 0.493 e. The number of carboxylic acids is 1. The molecule has 0 radical (unpaired) electrons. The van der Waals surface area contributed by atoms with Gasteiger partial charge in [0.2, 0.25) is 5.91 Å². The van der Waals surface area contributed by atoms with Crippen LogP contribution in [0, 0.1) is 13.8 Å². The highest BCUT2D eigenvalue weighted by Gasteiger charge is 2.06. The number of carboxylic acid groups (broad SMARTS) is 1. The molecule has 0 aliphatic heterocycles. The highest BCUT2D eigenvalue weighted by atomic mass is 16.5. The monoisotopic (exact) mass is 263 g/mol. The zero-order valence-electron chi connectivity index (χ0n) is 11.0. The molecule has 1 rings (SSSR count). The normalized spacial score (nSPS) is 10.6. The molecule has 0 heterocycles. The summed E-state index contributed by atoms with van der Waals surface area (Å²) >= 11 is 0. The first kappa shape index (κ1) is 14.8. The quantitative estimate of drug-likeness (QED) is 0.764. The Morgan fingerprint density at radius 1 is 1.32 bits per heavy atom. The van der Waals surface area contributed by atoms with Gasteiger partial charge in [-0.05, 0) is 48.7 Å². The van der Waals surface area contributed by atoms with Crippen LogP contribution in [-0.4, -0.2) is 23.6 Å². The van der Waals surface area contributed by atoms with Crippen LogP contribution in [0.5, 0.6) is 5.75 Å². The number of nitrogens with two attached hydrogens (primary N) is 1. The lowest BCUT2D eigenvalue weighted by molar-refractivity contribution is -0.131. The molecule has 1 amide bonds. The van der Waals surface area contributed by atoms with Crippen molar-refractivity contribution in [2.45, 2.75) is 20.3 Å². The van der Waals surface area contributed by atoms with Gasteiger partial charge in [0.15, 0.2) is 0 Å². The van der Waals surface area contributed by atoms with E-state index in [1.807, 2.05) is 26.0 Å². The van der Waals surface area contributed by atoms with Gasteiger partial charge in [-0.25, -0.2) is 4.79 Å². The summed E-state index contributed by atoms with van der Waals surface area (Å²) < 4.78 is 5.52.